The zero-order valence-corrected chi connectivity index (χ0v) is 8.08. The van der Waals surface area contributed by atoms with Gasteiger partial charge in [0.2, 0.25) is 0 Å². The summed E-state index contributed by atoms with van der Waals surface area (Å²) in [5, 5.41) is 2.34. The Bertz CT molecular complexity index is 209. The van der Waals surface area contributed by atoms with Gasteiger partial charge in [-0.1, -0.05) is 30.3 Å². The maximum absolute atomic E-state index is 5.41. The Hall–Kier alpha value is -0.860. The van der Waals surface area contributed by atoms with Crippen LogP contribution in [0.2, 0.25) is 0 Å². The zero-order valence-electron chi connectivity index (χ0n) is 8.08. The highest BCUT2D eigenvalue weighted by molar-refractivity contribution is 5.12. The zero-order chi connectivity index (χ0) is 9.36. The van der Waals surface area contributed by atoms with Crippen molar-refractivity contribution in [1.29, 1.82) is 0 Å². The molecule has 1 aromatic rings. The molecule has 72 valence electrons. The number of rotatable bonds is 6. The monoisotopic (exact) mass is 179 g/mol. The molecule has 0 radical (unpaired) electrons. The van der Waals surface area contributed by atoms with E-state index in [9.17, 15) is 0 Å². The van der Waals surface area contributed by atoms with Crippen molar-refractivity contribution in [3.8, 4) is 0 Å². The normalized spacial score (nSPS) is 10.2. The molecule has 0 unspecified atom stereocenters. The smallest absolute Gasteiger partial charge is 0.101 e. The van der Waals surface area contributed by atoms with Gasteiger partial charge in [-0.2, -0.15) is 0 Å². The van der Waals surface area contributed by atoms with Crippen molar-refractivity contribution >= 4 is 0 Å². The second kappa shape index (κ2) is 6.63. The molecule has 0 saturated carbocycles. The molecule has 0 saturated heterocycles. The minimum atomic E-state index is 0.819. The lowest BCUT2D eigenvalue weighted by atomic mass is 10.2. The van der Waals surface area contributed by atoms with Gasteiger partial charge >= 0.3 is 0 Å². The second-order valence-electron chi connectivity index (χ2n) is 3.26. The SMILES string of the molecule is NCCCC[NH2+]Cc1ccccc1. The van der Waals surface area contributed by atoms with Crippen LogP contribution in [0.15, 0.2) is 30.3 Å². The van der Waals surface area contributed by atoms with Gasteiger partial charge in [0, 0.05) is 5.56 Å². The highest BCUT2D eigenvalue weighted by atomic mass is 14.8. The maximum atomic E-state index is 5.41. The van der Waals surface area contributed by atoms with E-state index in [0.29, 0.717) is 0 Å². The molecule has 0 aliphatic rings. The summed E-state index contributed by atoms with van der Waals surface area (Å²) in [6.45, 7) is 3.09. The van der Waals surface area contributed by atoms with E-state index in [1.165, 1.54) is 18.5 Å². The van der Waals surface area contributed by atoms with Gasteiger partial charge in [-0.3, -0.25) is 0 Å². The van der Waals surface area contributed by atoms with E-state index < -0.39 is 0 Å². The molecule has 0 aromatic heterocycles. The van der Waals surface area contributed by atoms with E-state index in [0.717, 1.165) is 19.5 Å². The Morgan fingerprint density at radius 1 is 1.08 bits per heavy atom. The fourth-order valence-electron chi connectivity index (χ4n) is 1.32. The Morgan fingerprint density at radius 3 is 2.54 bits per heavy atom. The number of unbranched alkanes of at least 4 members (excludes halogenated alkanes) is 1. The lowest BCUT2D eigenvalue weighted by Gasteiger charge is -2.00. The summed E-state index contributed by atoms with van der Waals surface area (Å²) in [5.74, 6) is 0. The molecule has 0 spiro atoms. The summed E-state index contributed by atoms with van der Waals surface area (Å²) < 4.78 is 0. The van der Waals surface area contributed by atoms with E-state index in [2.05, 4.69) is 35.6 Å². The highest BCUT2D eigenvalue weighted by Gasteiger charge is 1.93. The first-order valence-electron chi connectivity index (χ1n) is 4.99. The van der Waals surface area contributed by atoms with Crippen LogP contribution in [0.5, 0.6) is 0 Å². The van der Waals surface area contributed by atoms with Crippen LogP contribution in [-0.4, -0.2) is 13.1 Å². The Kier molecular flexibility index (Phi) is 5.22. The van der Waals surface area contributed by atoms with E-state index in [-0.39, 0.29) is 0 Å². The molecular weight excluding hydrogens is 160 g/mol. The van der Waals surface area contributed by atoms with Gasteiger partial charge in [0.05, 0.1) is 6.54 Å². The van der Waals surface area contributed by atoms with Crippen LogP contribution in [0.25, 0.3) is 0 Å². The number of quaternary nitrogens is 1. The van der Waals surface area contributed by atoms with Crippen LogP contribution in [0.4, 0.5) is 0 Å². The molecular formula is C11H19N2+. The third-order valence-corrected chi connectivity index (χ3v) is 2.09. The third kappa shape index (κ3) is 4.65. The van der Waals surface area contributed by atoms with Crippen LogP contribution >= 0.6 is 0 Å². The third-order valence-electron chi connectivity index (χ3n) is 2.09. The number of hydrogen-bond acceptors (Lipinski definition) is 1. The standard InChI is InChI=1S/C11H18N2/c12-8-4-5-9-13-10-11-6-2-1-3-7-11/h1-3,6-7,13H,4-5,8-10,12H2/p+1. The van der Waals surface area contributed by atoms with Crippen LogP contribution in [0.3, 0.4) is 0 Å². The molecule has 1 rings (SSSR count). The van der Waals surface area contributed by atoms with Crippen molar-refractivity contribution in [2.75, 3.05) is 13.1 Å². The molecule has 0 amide bonds. The van der Waals surface area contributed by atoms with E-state index >= 15 is 0 Å². The summed E-state index contributed by atoms with van der Waals surface area (Å²) in [7, 11) is 0. The first-order valence-corrected chi connectivity index (χ1v) is 4.99. The molecule has 0 heterocycles. The first kappa shape index (κ1) is 10.2. The Balaban J connectivity index is 2.07. The summed E-state index contributed by atoms with van der Waals surface area (Å²) in [6, 6.07) is 10.6. The number of hydrogen-bond donors (Lipinski definition) is 2. The maximum Gasteiger partial charge on any atom is 0.101 e. The summed E-state index contributed by atoms with van der Waals surface area (Å²) in [6.07, 6.45) is 2.37. The van der Waals surface area contributed by atoms with Crippen LogP contribution in [-0.2, 0) is 6.54 Å². The highest BCUT2D eigenvalue weighted by Crippen LogP contribution is 1.94. The molecule has 0 bridgehead atoms. The summed E-state index contributed by atoms with van der Waals surface area (Å²) >= 11 is 0. The number of benzene rings is 1. The summed E-state index contributed by atoms with van der Waals surface area (Å²) in [4.78, 5) is 0. The minimum absolute atomic E-state index is 0.819. The van der Waals surface area contributed by atoms with Crippen molar-refractivity contribution in [3.05, 3.63) is 35.9 Å². The molecule has 0 aliphatic carbocycles. The quantitative estimate of drug-likeness (QED) is 0.613. The van der Waals surface area contributed by atoms with Crippen molar-refractivity contribution in [1.82, 2.24) is 0 Å². The molecule has 0 atom stereocenters. The minimum Gasteiger partial charge on any atom is -0.343 e. The topological polar surface area (TPSA) is 42.6 Å². The average Bonchev–Trinajstić information content (AvgIpc) is 2.19. The molecule has 0 fully saturated rings. The van der Waals surface area contributed by atoms with Gasteiger partial charge in [-0.25, -0.2) is 0 Å². The van der Waals surface area contributed by atoms with Crippen LogP contribution in [0, 0.1) is 0 Å². The van der Waals surface area contributed by atoms with Crippen molar-refractivity contribution < 1.29 is 5.32 Å². The molecule has 0 aliphatic heterocycles. The van der Waals surface area contributed by atoms with Crippen LogP contribution in [0.1, 0.15) is 18.4 Å². The van der Waals surface area contributed by atoms with Gasteiger partial charge in [0.15, 0.2) is 0 Å². The van der Waals surface area contributed by atoms with Gasteiger partial charge in [-0.05, 0) is 19.4 Å². The largest absolute Gasteiger partial charge is 0.343 e. The number of nitrogens with two attached hydrogens (primary N) is 2. The molecule has 2 heteroatoms. The van der Waals surface area contributed by atoms with Gasteiger partial charge < -0.3 is 11.1 Å². The fourth-order valence-corrected chi connectivity index (χ4v) is 1.32. The Labute approximate surface area is 80.1 Å². The van der Waals surface area contributed by atoms with Crippen LogP contribution < -0.4 is 11.1 Å². The lowest BCUT2D eigenvalue weighted by molar-refractivity contribution is -0.670. The molecule has 4 N–H and O–H groups in total. The fraction of sp³-hybridized carbons (Fsp3) is 0.455. The first-order chi connectivity index (χ1) is 6.43. The molecule has 1 aromatic carbocycles. The van der Waals surface area contributed by atoms with Crippen molar-refractivity contribution in [2.45, 2.75) is 19.4 Å². The second-order valence-corrected chi connectivity index (χ2v) is 3.26. The average molecular weight is 179 g/mol. The molecule has 13 heavy (non-hydrogen) atoms. The van der Waals surface area contributed by atoms with Gasteiger partial charge in [0.25, 0.3) is 0 Å². The van der Waals surface area contributed by atoms with E-state index in [4.69, 9.17) is 5.73 Å². The van der Waals surface area contributed by atoms with E-state index in [1.54, 1.807) is 0 Å². The van der Waals surface area contributed by atoms with Crippen molar-refractivity contribution in [3.63, 3.8) is 0 Å². The van der Waals surface area contributed by atoms with E-state index in [1.807, 2.05) is 0 Å². The van der Waals surface area contributed by atoms with Crippen molar-refractivity contribution in [2.24, 2.45) is 5.73 Å². The summed E-state index contributed by atoms with van der Waals surface area (Å²) in [5.41, 5.74) is 6.81. The Morgan fingerprint density at radius 2 is 1.85 bits per heavy atom. The van der Waals surface area contributed by atoms with Gasteiger partial charge in [-0.15, -0.1) is 0 Å². The predicted molar refractivity (Wildman–Crippen MR) is 55.2 cm³/mol. The predicted octanol–water partition coefficient (Wildman–Crippen LogP) is 0.489. The molecule has 2 nitrogen and oxygen atoms in total. The van der Waals surface area contributed by atoms with Gasteiger partial charge in [0.1, 0.15) is 6.54 Å². The lowest BCUT2D eigenvalue weighted by Crippen LogP contribution is -2.82.